The van der Waals surface area contributed by atoms with Crippen LogP contribution in [0.15, 0.2) is 35.5 Å². The Kier molecular flexibility index (Phi) is 3.49. The molecule has 25 heavy (non-hydrogen) atoms. The van der Waals surface area contributed by atoms with Crippen molar-refractivity contribution < 1.29 is 4.79 Å². The summed E-state index contributed by atoms with van der Waals surface area (Å²) >= 11 is 0. The Morgan fingerprint density at radius 2 is 2.08 bits per heavy atom. The Morgan fingerprint density at radius 3 is 2.92 bits per heavy atom. The molecule has 3 aromatic rings. The average molecular weight is 334 g/mol. The lowest BCUT2D eigenvalue weighted by atomic mass is 10.1. The summed E-state index contributed by atoms with van der Waals surface area (Å²) in [5.74, 6) is 1.01. The fraction of sp³-hybridized carbons (Fsp3) is 0.222. The van der Waals surface area contributed by atoms with E-state index in [0.717, 1.165) is 40.9 Å². The lowest BCUT2D eigenvalue weighted by Gasteiger charge is -2.09. The van der Waals surface area contributed by atoms with Gasteiger partial charge in [-0.05, 0) is 37.1 Å². The third-order valence-corrected chi connectivity index (χ3v) is 4.63. The first-order chi connectivity index (χ1) is 12.1. The van der Waals surface area contributed by atoms with Gasteiger partial charge < -0.3 is 11.1 Å². The second-order valence-electron chi connectivity index (χ2n) is 6.08. The number of para-hydroxylation sites is 1. The Bertz CT molecular complexity index is 1080. The van der Waals surface area contributed by atoms with Crippen LogP contribution in [0, 0.1) is 13.8 Å². The maximum atomic E-state index is 12.7. The normalized spacial score (nSPS) is 13.8. The van der Waals surface area contributed by atoms with E-state index in [9.17, 15) is 4.79 Å². The largest absolute Gasteiger partial charge is 0.383 e. The van der Waals surface area contributed by atoms with Gasteiger partial charge in [-0.15, -0.1) is 0 Å². The van der Waals surface area contributed by atoms with Crippen molar-refractivity contribution in [2.75, 3.05) is 17.6 Å². The van der Waals surface area contributed by atoms with Crippen molar-refractivity contribution in [2.24, 2.45) is 4.99 Å². The summed E-state index contributed by atoms with van der Waals surface area (Å²) in [5.41, 5.74) is 9.04. The zero-order chi connectivity index (χ0) is 17.6. The number of nitrogens with two attached hydrogens (primary N) is 1. The van der Waals surface area contributed by atoms with Crippen LogP contribution in [0.4, 0.5) is 11.6 Å². The van der Waals surface area contributed by atoms with Crippen LogP contribution in [-0.4, -0.2) is 27.0 Å². The summed E-state index contributed by atoms with van der Waals surface area (Å²) in [4.78, 5) is 25.6. The van der Waals surface area contributed by atoms with E-state index < -0.39 is 0 Å². The SMILES string of the molecule is Cc1c(C(=O)N=c2nc3ccccc3c3n2CCN3)cnc(N)c1C. The quantitative estimate of drug-likeness (QED) is 0.707. The van der Waals surface area contributed by atoms with Gasteiger partial charge in [0.25, 0.3) is 5.91 Å². The molecule has 0 unspecified atom stereocenters. The van der Waals surface area contributed by atoms with E-state index in [1.165, 1.54) is 6.20 Å². The third kappa shape index (κ3) is 2.44. The molecule has 7 heteroatoms. The average Bonchev–Trinajstić information content (AvgIpc) is 3.10. The van der Waals surface area contributed by atoms with Crippen LogP contribution in [-0.2, 0) is 6.54 Å². The van der Waals surface area contributed by atoms with E-state index in [2.05, 4.69) is 20.3 Å². The molecule has 0 saturated carbocycles. The van der Waals surface area contributed by atoms with Gasteiger partial charge in [-0.1, -0.05) is 12.1 Å². The fourth-order valence-electron chi connectivity index (χ4n) is 3.05. The molecule has 0 radical (unpaired) electrons. The Morgan fingerprint density at radius 1 is 1.28 bits per heavy atom. The molecule has 0 spiro atoms. The van der Waals surface area contributed by atoms with Gasteiger partial charge in [0.2, 0.25) is 5.62 Å². The number of aromatic nitrogens is 3. The number of pyridine rings is 1. The lowest BCUT2D eigenvalue weighted by molar-refractivity contribution is 0.0995. The van der Waals surface area contributed by atoms with Gasteiger partial charge in [-0.2, -0.15) is 4.99 Å². The van der Waals surface area contributed by atoms with Crippen molar-refractivity contribution >= 4 is 28.4 Å². The molecule has 0 fully saturated rings. The molecule has 0 saturated heterocycles. The third-order valence-electron chi connectivity index (χ3n) is 4.63. The number of nitrogens with zero attached hydrogens (tertiary/aromatic N) is 4. The summed E-state index contributed by atoms with van der Waals surface area (Å²) in [7, 11) is 0. The number of hydrogen-bond acceptors (Lipinski definition) is 5. The van der Waals surface area contributed by atoms with Crippen molar-refractivity contribution in [1.29, 1.82) is 0 Å². The number of hydrogen-bond donors (Lipinski definition) is 2. The minimum atomic E-state index is -0.363. The second kappa shape index (κ2) is 5.70. The summed E-state index contributed by atoms with van der Waals surface area (Å²) in [6.07, 6.45) is 1.48. The smallest absolute Gasteiger partial charge is 0.282 e. The molecule has 3 heterocycles. The Hall–Kier alpha value is -3.22. The highest BCUT2D eigenvalue weighted by Crippen LogP contribution is 2.22. The van der Waals surface area contributed by atoms with E-state index in [0.29, 0.717) is 17.0 Å². The zero-order valence-corrected chi connectivity index (χ0v) is 14.1. The number of benzene rings is 1. The van der Waals surface area contributed by atoms with Crippen molar-refractivity contribution in [3.8, 4) is 0 Å². The van der Waals surface area contributed by atoms with Crippen LogP contribution in [0.5, 0.6) is 0 Å². The number of fused-ring (bicyclic) bond motifs is 3. The van der Waals surface area contributed by atoms with E-state index in [-0.39, 0.29) is 5.91 Å². The summed E-state index contributed by atoms with van der Waals surface area (Å²) in [5, 5.41) is 4.37. The highest BCUT2D eigenvalue weighted by atomic mass is 16.1. The van der Waals surface area contributed by atoms with Gasteiger partial charge in [-0.3, -0.25) is 9.36 Å². The van der Waals surface area contributed by atoms with Crippen molar-refractivity contribution in [1.82, 2.24) is 14.5 Å². The first kappa shape index (κ1) is 15.3. The number of nitrogen functional groups attached to an aromatic ring is 1. The lowest BCUT2D eigenvalue weighted by Crippen LogP contribution is -2.25. The molecule has 7 nitrogen and oxygen atoms in total. The van der Waals surface area contributed by atoms with Crippen molar-refractivity contribution in [3.63, 3.8) is 0 Å². The van der Waals surface area contributed by atoms with Gasteiger partial charge in [0.15, 0.2) is 0 Å². The second-order valence-corrected chi connectivity index (χ2v) is 6.08. The van der Waals surface area contributed by atoms with E-state index >= 15 is 0 Å². The molecule has 0 atom stereocenters. The number of anilines is 2. The summed E-state index contributed by atoms with van der Waals surface area (Å²) in [6.45, 7) is 5.20. The van der Waals surface area contributed by atoms with Gasteiger partial charge in [0, 0.05) is 24.7 Å². The minimum Gasteiger partial charge on any atom is -0.383 e. The minimum absolute atomic E-state index is 0.363. The maximum absolute atomic E-state index is 12.7. The number of amides is 1. The number of rotatable bonds is 1. The Balaban J connectivity index is 1.90. The molecule has 0 aliphatic carbocycles. The van der Waals surface area contributed by atoms with Gasteiger partial charge >= 0.3 is 0 Å². The molecule has 2 aromatic heterocycles. The maximum Gasteiger partial charge on any atom is 0.282 e. The van der Waals surface area contributed by atoms with Gasteiger partial charge in [0.05, 0.1) is 11.1 Å². The van der Waals surface area contributed by atoms with Crippen LogP contribution >= 0.6 is 0 Å². The molecule has 1 aliphatic rings. The molecular weight excluding hydrogens is 316 g/mol. The first-order valence-electron chi connectivity index (χ1n) is 8.10. The fourth-order valence-corrected chi connectivity index (χ4v) is 3.05. The first-order valence-corrected chi connectivity index (χ1v) is 8.10. The number of carbonyl (C=O) groups is 1. The Labute approximate surface area is 144 Å². The summed E-state index contributed by atoms with van der Waals surface area (Å²) in [6, 6.07) is 7.82. The molecule has 4 rings (SSSR count). The zero-order valence-electron chi connectivity index (χ0n) is 14.1. The predicted octanol–water partition coefficient (Wildman–Crippen LogP) is 1.80. The standard InChI is InChI=1S/C18H18N6O/c1-10-11(2)15(19)21-9-13(10)17(25)23-18-22-14-6-4-3-5-12(14)16-20-7-8-24(16)18/h3-6,9,20H,7-8H2,1-2H3,(H2,19,21). The monoisotopic (exact) mass is 334 g/mol. The highest BCUT2D eigenvalue weighted by molar-refractivity contribution is 5.97. The van der Waals surface area contributed by atoms with Crippen molar-refractivity contribution in [3.05, 3.63) is 52.8 Å². The molecule has 0 bridgehead atoms. The van der Waals surface area contributed by atoms with E-state index in [1.54, 1.807) is 0 Å². The van der Waals surface area contributed by atoms with Gasteiger partial charge in [0.1, 0.15) is 11.6 Å². The van der Waals surface area contributed by atoms with Crippen LogP contribution in [0.2, 0.25) is 0 Å². The number of carbonyl (C=O) groups excluding carboxylic acids is 1. The van der Waals surface area contributed by atoms with Crippen LogP contribution in [0.25, 0.3) is 10.9 Å². The topological polar surface area (TPSA) is 98.2 Å². The molecule has 1 amide bonds. The predicted molar refractivity (Wildman–Crippen MR) is 96.2 cm³/mol. The molecule has 3 N–H and O–H groups in total. The van der Waals surface area contributed by atoms with Gasteiger partial charge in [-0.25, -0.2) is 9.97 Å². The van der Waals surface area contributed by atoms with Crippen molar-refractivity contribution in [2.45, 2.75) is 20.4 Å². The summed E-state index contributed by atoms with van der Waals surface area (Å²) < 4.78 is 1.94. The number of nitrogens with one attached hydrogen (secondary N) is 1. The molecule has 1 aliphatic heterocycles. The highest BCUT2D eigenvalue weighted by Gasteiger charge is 2.17. The molecule has 126 valence electrons. The van der Waals surface area contributed by atoms with Crippen LogP contribution < -0.4 is 16.7 Å². The molecular formula is C18H18N6O. The van der Waals surface area contributed by atoms with Crippen LogP contribution in [0.1, 0.15) is 21.5 Å². The van der Waals surface area contributed by atoms with E-state index in [1.807, 2.05) is 42.7 Å². The van der Waals surface area contributed by atoms with Crippen LogP contribution in [0.3, 0.4) is 0 Å². The van der Waals surface area contributed by atoms with E-state index in [4.69, 9.17) is 5.73 Å². The molecule has 1 aromatic carbocycles.